The van der Waals surface area contributed by atoms with Crippen LogP contribution in [0, 0.1) is 5.92 Å². The molecule has 0 amide bonds. The van der Waals surface area contributed by atoms with Crippen molar-refractivity contribution in [2.75, 3.05) is 0 Å². The SMILES string of the molecule is CCC(C)O/N=C(/C)C(C)C. The Balaban J connectivity index is 3.72. The molecule has 0 heterocycles. The lowest BCUT2D eigenvalue weighted by atomic mass is 10.1. The van der Waals surface area contributed by atoms with Crippen molar-refractivity contribution in [2.45, 2.75) is 47.1 Å². The summed E-state index contributed by atoms with van der Waals surface area (Å²) in [6.07, 6.45) is 1.25. The molecule has 2 nitrogen and oxygen atoms in total. The van der Waals surface area contributed by atoms with Crippen LogP contribution < -0.4 is 0 Å². The third kappa shape index (κ3) is 4.82. The Morgan fingerprint density at radius 3 is 2.27 bits per heavy atom. The van der Waals surface area contributed by atoms with Gasteiger partial charge in [0.2, 0.25) is 0 Å². The van der Waals surface area contributed by atoms with Crippen LogP contribution in [0.1, 0.15) is 41.0 Å². The second kappa shape index (κ2) is 5.16. The summed E-state index contributed by atoms with van der Waals surface area (Å²) in [6.45, 7) is 10.3. The smallest absolute Gasteiger partial charge is 0.124 e. The fourth-order valence-corrected chi connectivity index (χ4v) is 0.353. The second-order valence-electron chi connectivity index (χ2n) is 3.21. The number of hydrogen-bond acceptors (Lipinski definition) is 2. The van der Waals surface area contributed by atoms with Gasteiger partial charge in [0.25, 0.3) is 0 Å². The molecule has 0 bridgehead atoms. The van der Waals surface area contributed by atoms with Gasteiger partial charge < -0.3 is 4.84 Å². The number of rotatable bonds is 4. The lowest BCUT2D eigenvalue weighted by Gasteiger charge is -2.08. The molecule has 2 heteroatoms. The highest BCUT2D eigenvalue weighted by molar-refractivity contribution is 5.83. The normalized spacial score (nSPS) is 15.3. The van der Waals surface area contributed by atoms with Crippen LogP contribution >= 0.6 is 0 Å². The molecule has 0 N–H and O–H groups in total. The maximum Gasteiger partial charge on any atom is 0.124 e. The van der Waals surface area contributed by atoms with Crippen molar-refractivity contribution in [1.82, 2.24) is 0 Å². The Morgan fingerprint density at radius 1 is 1.36 bits per heavy atom. The zero-order chi connectivity index (χ0) is 8.85. The fraction of sp³-hybridized carbons (Fsp3) is 0.889. The quantitative estimate of drug-likeness (QED) is 0.454. The van der Waals surface area contributed by atoms with Crippen LogP contribution in [0.25, 0.3) is 0 Å². The Morgan fingerprint density at radius 2 is 1.91 bits per heavy atom. The minimum atomic E-state index is 0.240. The zero-order valence-corrected chi connectivity index (χ0v) is 8.22. The van der Waals surface area contributed by atoms with Crippen molar-refractivity contribution in [3.63, 3.8) is 0 Å². The summed E-state index contributed by atoms with van der Waals surface area (Å²) in [5.74, 6) is 0.485. The molecule has 0 aromatic carbocycles. The van der Waals surface area contributed by atoms with Gasteiger partial charge in [0.05, 0.1) is 5.71 Å². The minimum Gasteiger partial charge on any atom is -0.393 e. The molecule has 0 fully saturated rings. The molecule has 66 valence electrons. The van der Waals surface area contributed by atoms with Crippen molar-refractivity contribution < 1.29 is 4.84 Å². The van der Waals surface area contributed by atoms with Crippen LogP contribution in [0.15, 0.2) is 5.16 Å². The Kier molecular flexibility index (Phi) is 4.92. The van der Waals surface area contributed by atoms with Crippen molar-refractivity contribution in [3.05, 3.63) is 0 Å². The average molecular weight is 157 g/mol. The van der Waals surface area contributed by atoms with Gasteiger partial charge in [0.1, 0.15) is 6.10 Å². The Labute approximate surface area is 69.6 Å². The van der Waals surface area contributed by atoms with Crippen molar-refractivity contribution in [1.29, 1.82) is 0 Å². The first kappa shape index (κ1) is 10.5. The maximum absolute atomic E-state index is 5.20. The highest BCUT2D eigenvalue weighted by Gasteiger charge is 2.00. The van der Waals surface area contributed by atoms with Crippen LogP contribution in [0.5, 0.6) is 0 Å². The summed E-state index contributed by atoms with van der Waals surface area (Å²) in [5.41, 5.74) is 1.06. The van der Waals surface area contributed by atoms with E-state index in [-0.39, 0.29) is 6.10 Å². The van der Waals surface area contributed by atoms with Gasteiger partial charge in [-0.3, -0.25) is 0 Å². The van der Waals surface area contributed by atoms with E-state index in [4.69, 9.17) is 4.84 Å². The number of hydrogen-bond donors (Lipinski definition) is 0. The van der Waals surface area contributed by atoms with Crippen LogP contribution in [-0.4, -0.2) is 11.8 Å². The van der Waals surface area contributed by atoms with Crippen LogP contribution in [0.4, 0.5) is 0 Å². The topological polar surface area (TPSA) is 21.6 Å². The maximum atomic E-state index is 5.20. The van der Waals surface area contributed by atoms with Gasteiger partial charge in [-0.05, 0) is 26.2 Å². The van der Waals surface area contributed by atoms with Gasteiger partial charge in [0.15, 0.2) is 0 Å². The van der Waals surface area contributed by atoms with Gasteiger partial charge in [-0.25, -0.2) is 0 Å². The van der Waals surface area contributed by atoms with Gasteiger partial charge >= 0.3 is 0 Å². The average Bonchev–Trinajstić information content (AvgIpc) is 1.99. The van der Waals surface area contributed by atoms with E-state index in [1.807, 2.05) is 13.8 Å². The van der Waals surface area contributed by atoms with Crippen molar-refractivity contribution in [3.8, 4) is 0 Å². The summed E-state index contributed by atoms with van der Waals surface area (Å²) in [6, 6.07) is 0. The summed E-state index contributed by atoms with van der Waals surface area (Å²) in [5, 5.41) is 4.01. The summed E-state index contributed by atoms with van der Waals surface area (Å²) >= 11 is 0. The van der Waals surface area contributed by atoms with E-state index in [9.17, 15) is 0 Å². The fourth-order valence-electron chi connectivity index (χ4n) is 0.353. The monoisotopic (exact) mass is 157 g/mol. The molecule has 0 aliphatic heterocycles. The molecule has 0 aromatic rings. The minimum absolute atomic E-state index is 0.240. The van der Waals surface area contributed by atoms with Crippen molar-refractivity contribution >= 4 is 5.71 Å². The van der Waals surface area contributed by atoms with Crippen molar-refractivity contribution in [2.24, 2.45) is 11.1 Å². The van der Waals surface area contributed by atoms with E-state index in [1.54, 1.807) is 0 Å². The molecule has 0 rings (SSSR count). The number of nitrogens with zero attached hydrogens (tertiary/aromatic N) is 1. The Bertz CT molecular complexity index is 130. The molecule has 1 unspecified atom stereocenters. The lowest BCUT2D eigenvalue weighted by Crippen LogP contribution is -2.07. The van der Waals surface area contributed by atoms with E-state index in [2.05, 4.69) is 25.9 Å². The largest absolute Gasteiger partial charge is 0.393 e. The predicted octanol–water partition coefficient (Wildman–Crippen LogP) is 2.83. The molecule has 0 spiro atoms. The van der Waals surface area contributed by atoms with Gasteiger partial charge in [-0.2, -0.15) is 0 Å². The molecule has 1 atom stereocenters. The molecule has 0 aliphatic carbocycles. The standard InChI is InChI=1S/C9H19NO/c1-6-8(4)11-10-9(5)7(2)3/h7-8H,6H2,1-5H3/b10-9-. The van der Waals surface area contributed by atoms with E-state index < -0.39 is 0 Å². The molecule has 0 saturated heterocycles. The molecule has 0 aliphatic rings. The van der Waals surface area contributed by atoms with E-state index in [1.165, 1.54) is 0 Å². The first-order valence-corrected chi connectivity index (χ1v) is 4.28. The molecular formula is C9H19NO. The predicted molar refractivity (Wildman–Crippen MR) is 48.8 cm³/mol. The van der Waals surface area contributed by atoms with Gasteiger partial charge in [-0.15, -0.1) is 0 Å². The first-order valence-electron chi connectivity index (χ1n) is 4.28. The molecule has 0 saturated carbocycles. The number of oxime groups is 1. The Hall–Kier alpha value is -0.530. The van der Waals surface area contributed by atoms with E-state index in [0.29, 0.717) is 5.92 Å². The van der Waals surface area contributed by atoms with Gasteiger partial charge in [-0.1, -0.05) is 25.9 Å². The zero-order valence-electron chi connectivity index (χ0n) is 8.22. The second-order valence-corrected chi connectivity index (χ2v) is 3.21. The lowest BCUT2D eigenvalue weighted by molar-refractivity contribution is 0.0688. The molecular weight excluding hydrogens is 138 g/mol. The highest BCUT2D eigenvalue weighted by Crippen LogP contribution is 2.00. The van der Waals surface area contributed by atoms with E-state index >= 15 is 0 Å². The molecule has 0 radical (unpaired) electrons. The summed E-state index contributed by atoms with van der Waals surface area (Å²) in [4.78, 5) is 5.20. The molecule has 11 heavy (non-hydrogen) atoms. The van der Waals surface area contributed by atoms with Crippen LogP contribution in [-0.2, 0) is 4.84 Å². The van der Waals surface area contributed by atoms with Crippen LogP contribution in [0.2, 0.25) is 0 Å². The van der Waals surface area contributed by atoms with E-state index in [0.717, 1.165) is 12.1 Å². The summed E-state index contributed by atoms with van der Waals surface area (Å²) < 4.78 is 0. The first-order chi connectivity index (χ1) is 5.07. The van der Waals surface area contributed by atoms with Gasteiger partial charge in [0, 0.05) is 0 Å². The van der Waals surface area contributed by atoms with Crippen LogP contribution in [0.3, 0.4) is 0 Å². The molecule has 0 aromatic heterocycles. The third-order valence-corrected chi connectivity index (χ3v) is 1.79. The highest BCUT2D eigenvalue weighted by atomic mass is 16.6. The summed E-state index contributed by atoms with van der Waals surface area (Å²) in [7, 11) is 0. The third-order valence-electron chi connectivity index (χ3n) is 1.79.